The third-order valence-electron chi connectivity index (χ3n) is 2.55. The highest BCUT2D eigenvalue weighted by Crippen LogP contribution is 2.22. The summed E-state index contributed by atoms with van der Waals surface area (Å²) in [6.07, 6.45) is 2.53. The molecule has 0 aliphatic heterocycles. The molecule has 0 aliphatic carbocycles. The molecular formula is C12H9ClN4O3. The van der Waals surface area contributed by atoms with Gasteiger partial charge in [-0.25, -0.2) is 4.98 Å². The fourth-order valence-electron chi connectivity index (χ4n) is 1.56. The Morgan fingerprint density at radius 2 is 2.20 bits per heavy atom. The van der Waals surface area contributed by atoms with Gasteiger partial charge in [-0.05, 0) is 25.1 Å². The minimum absolute atomic E-state index is 0.00339. The molecular weight excluding hydrogens is 284 g/mol. The minimum atomic E-state index is -0.686. The van der Waals surface area contributed by atoms with E-state index in [1.807, 2.05) is 0 Å². The third kappa shape index (κ3) is 2.89. The van der Waals surface area contributed by atoms with Gasteiger partial charge in [0.05, 0.1) is 16.3 Å². The molecule has 2 aromatic rings. The molecule has 102 valence electrons. The number of carbonyl (C=O) groups excluding carboxylic acids is 1. The van der Waals surface area contributed by atoms with Gasteiger partial charge < -0.3 is 5.32 Å². The van der Waals surface area contributed by atoms with Crippen LogP contribution in [-0.4, -0.2) is 20.8 Å². The maximum atomic E-state index is 12.1. The summed E-state index contributed by atoms with van der Waals surface area (Å²) in [6.45, 7) is 1.71. The Morgan fingerprint density at radius 3 is 2.85 bits per heavy atom. The van der Waals surface area contributed by atoms with Crippen LogP contribution in [0.5, 0.6) is 0 Å². The molecule has 0 atom stereocenters. The maximum absolute atomic E-state index is 12.1. The van der Waals surface area contributed by atoms with Gasteiger partial charge in [-0.3, -0.25) is 19.9 Å². The SMILES string of the molecule is Cc1ncccc1NC(=O)c1cc(Cl)ncc1[N+](=O)[O-]. The van der Waals surface area contributed by atoms with Crippen molar-refractivity contribution in [2.45, 2.75) is 6.92 Å². The number of carbonyl (C=O) groups is 1. The van der Waals surface area contributed by atoms with Gasteiger partial charge in [0, 0.05) is 6.20 Å². The molecule has 2 heterocycles. The van der Waals surface area contributed by atoms with Crippen molar-refractivity contribution in [2.75, 3.05) is 5.32 Å². The fraction of sp³-hybridized carbons (Fsp3) is 0.0833. The van der Waals surface area contributed by atoms with E-state index in [1.165, 1.54) is 0 Å². The molecule has 2 rings (SSSR count). The highest BCUT2D eigenvalue weighted by Gasteiger charge is 2.21. The van der Waals surface area contributed by atoms with Gasteiger partial charge in [-0.15, -0.1) is 0 Å². The van der Waals surface area contributed by atoms with Crippen molar-refractivity contribution in [3.63, 3.8) is 0 Å². The number of hydrogen-bond acceptors (Lipinski definition) is 5. The Morgan fingerprint density at radius 1 is 1.45 bits per heavy atom. The molecule has 0 unspecified atom stereocenters. The van der Waals surface area contributed by atoms with Crippen LogP contribution >= 0.6 is 11.6 Å². The van der Waals surface area contributed by atoms with E-state index in [0.717, 1.165) is 12.3 Å². The molecule has 0 bridgehead atoms. The summed E-state index contributed by atoms with van der Waals surface area (Å²) >= 11 is 5.67. The molecule has 0 fully saturated rings. The zero-order valence-corrected chi connectivity index (χ0v) is 11.1. The lowest BCUT2D eigenvalue weighted by atomic mass is 10.2. The largest absolute Gasteiger partial charge is 0.320 e. The molecule has 2 aromatic heterocycles. The van der Waals surface area contributed by atoms with Crippen molar-refractivity contribution in [3.8, 4) is 0 Å². The summed E-state index contributed by atoms with van der Waals surface area (Å²) < 4.78 is 0. The average Bonchev–Trinajstić information content (AvgIpc) is 2.40. The molecule has 0 aliphatic rings. The predicted octanol–water partition coefficient (Wildman–Crippen LogP) is 2.60. The highest BCUT2D eigenvalue weighted by molar-refractivity contribution is 6.30. The first-order chi connectivity index (χ1) is 9.49. The third-order valence-corrected chi connectivity index (χ3v) is 2.75. The maximum Gasteiger partial charge on any atom is 0.300 e. The molecule has 0 saturated carbocycles. The summed E-state index contributed by atoms with van der Waals surface area (Å²) in [6, 6.07) is 4.45. The number of aromatic nitrogens is 2. The number of nitro groups is 1. The monoisotopic (exact) mass is 292 g/mol. The van der Waals surface area contributed by atoms with Crippen LogP contribution in [-0.2, 0) is 0 Å². The number of anilines is 1. The van der Waals surface area contributed by atoms with Gasteiger partial charge in [0.15, 0.2) is 0 Å². The van der Waals surface area contributed by atoms with E-state index in [-0.39, 0.29) is 10.7 Å². The molecule has 1 amide bonds. The van der Waals surface area contributed by atoms with Crippen molar-refractivity contribution < 1.29 is 9.72 Å². The van der Waals surface area contributed by atoms with Crippen LogP contribution < -0.4 is 5.32 Å². The van der Waals surface area contributed by atoms with Gasteiger partial charge in [-0.2, -0.15) is 0 Å². The summed E-state index contributed by atoms with van der Waals surface area (Å²) in [5.74, 6) is -0.642. The van der Waals surface area contributed by atoms with Gasteiger partial charge in [-0.1, -0.05) is 11.6 Å². The van der Waals surface area contributed by atoms with Gasteiger partial charge in [0.1, 0.15) is 16.9 Å². The molecule has 0 aromatic carbocycles. The van der Waals surface area contributed by atoms with E-state index in [4.69, 9.17) is 11.6 Å². The lowest BCUT2D eigenvalue weighted by Crippen LogP contribution is -2.15. The van der Waals surface area contributed by atoms with Gasteiger partial charge >= 0.3 is 0 Å². The second-order valence-electron chi connectivity index (χ2n) is 3.87. The lowest BCUT2D eigenvalue weighted by Gasteiger charge is -2.07. The Kier molecular flexibility index (Phi) is 3.90. The minimum Gasteiger partial charge on any atom is -0.320 e. The normalized spacial score (nSPS) is 10.1. The van der Waals surface area contributed by atoms with Crippen molar-refractivity contribution in [1.29, 1.82) is 0 Å². The quantitative estimate of drug-likeness (QED) is 0.532. The number of aryl methyl sites for hydroxylation is 1. The number of nitrogens with one attached hydrogen (secondary N) is 1. The van der Waals surface area contributed by atoms with Gasteiger partial charge in [0.25, 0.3) is 11.6 Å². The Labute approximate surface area is 118 Å². The van der Waals surface area contributed by atoms with Crippen LogP contribution in [0.4, 0.5) is 11.4 Å². The second kappa shape index (κ2) is 5.62. The van der Waals surface area contributed by atoms with Crippen LogP contribution in [0.25, 0.3) is 0 Å². The van der Waals surface area contributed by atoms with Crippen LogP contribution in [0, 0.1) is 17.0 Å². The van der Waals surface area contributed by atoms with Crippen LogP contribution in [0.15, 0.2) is 30.6 Å². The molecule has 20 heavy (non-hydrogen) atoms. The number of amides is 1. The van der Waals surface area contributed by atoms with Gasteiger partial charge in [0.2, 0.25) is 0 Å². The van der Waals surface area contributed by atoms with E-state index in [2.05, 4.69) is 15.3 Å². The highest BCUT2D eigenvalue weighted by atomic mass is 35.5. The van der Waals surface area contributed by atoms with E-state index in [0.29, 0.717) is 11.4 Å². The topological polar surface area (TPSA) is 98.0 Å². The smallest absolute Gasteiger partial charge is 0.300 e. The first-order valence-electron chi connectivity index (χ1n) is 5.52. The average molecular weight is 293 g/mol. The molecule has 0 saturated heterocycles. The fourth-order valence-corrected chi connectivity index (χ4v) is 1.71. The van der Waals surface area contributed by atoms with Crippen molar-refractivity contribution in [1.82, 2.24) is 9.97 Å². The first kappa shape index (κ1) is 13.9. The summed E-state index contributed by atoms with van der Waals surface area (Å²) in [7, 11) is 0. The molecule has 0 radical (unpaired) electrons. The Balaban J connectivity index is 2.37. The summed E-state index contributed by atoms with van der Waals surface area (Å²) in [4.78, 5) is 29.9. The van der Waals surface area contributed by atoms with Crippen molar-refractivity contribution in [2.24, 2.45) is 0 Å². The van der Waals surface area contributed by atoms with Crippen molar-refractivity contribution in [3.05, 3.63) is 57.1 Å². The van der Waals surface area contributed by atoms with Crippen molar-refractivity contribution >= 4 is 28.9 Å². The lowest BCUT2D eigenvalue weighted by molar-refractivity contribution is -0.385. The van der Waals surface area contributed by atoms with Crippen LogP contribution in [0.1, 0.15) is 16.1 Å². The number of pyridine rings is 2. The van der Waals surface area contributed by atoms with E-state index in [9.17, 15) is 14.9 Å². The van der Waals surface area contributed by atoms with E-state index < -0.39 is 16.5 Å². The molecule has 7 nitrogen and oxygen atoms in total. The molecule has 8 heteroatoms. The molecule has 1 N–H and O–H groups in total. The zero-order valence-electron chi connectivity index (χ0n) is 10.3. The molecule has 0 spiro atoms. The number of hydrogen-bond donors (Lipinski definition) is 1. The standard InChI is InChI=1S/C12H9ClN4O3/c1-7-9(3-2-4-14-7)16-12(18)8-5-11(13)15-6-10(8)17(19)20/h2-6H,1H3,(H,16,18). The zero-order chi connectivity index (χ0) is 14.7. The number of halogens is 1. The van der Waals surface area contributed by atoms with Crippen LogP contribution in [0.2, 0.25) is 5.15 Å². The predicted molar refractivity (Wildman–Crippen MR) is 72.8 cm³/mol. The summed E-state index contributed by atoms with van der Waals surface area (Å²) in [5.41, 5.74) is 0.509. The van der Waals surface area contributed by atoms with Crippen LogP contribution in [0.3, 0.4) is 0 Å². The number of rotatable bonds is 3. The second-order valence-corrected chi connectivity index (χ2v) is 4.26. The van der Waals surface area contributed by atoms with E-state index in [1.54, 1.807) is 25.3 Å². The Hall–Kier alpha value is -2.54. The first-order valence-corrected chi connectivity index (χ1v) is 5.89. The Bertz CT molecular complexity index is 690. The van der Waals surface area contributed by atoms with E-state index >= 15 is 0 Å². The summed E-state index contributed by atoms with van der Waals surface area (Å²) in [5, 5.41) is 13.4. The number of nitrogens with zero attached hydrogens (tertiary/aromatic N) is 3.